The number of amides is 1. The molecule has 0 aliphatic carbocycles. The van der Waals surface area contributed by atoms with E-state index in [1.807, 2.05) is 13.8 Å². The van der Waals surface area contributed by atoms with Crippen LogP contribution in [0.25, 0.3) is 21.3 Å². The molecular weight excluding hydrogens is 582 g/mol. The van der Waals surface area contributed by atoms with Crippen molar-refractivity contribution in [2.75, 3.05) is 13.2 Å². The molecule has 1 amide bonds. The lowest BCUT2D eigenvalue weighted by atomic mass is 10.2. The normalized spacial score (nSPS) is 16.9. The van der Waals surface area contributed by atoms with Crippen LogP contribution in [0.1, 0.15) is 48.5 Å². The van der Waals surface area contributed by atoms with E-state index in [1.165, 1.54) is 28.4 Å². The third kappa shape index (κ3) is 6.94. The maximum absolute atomic E-state index is 15.1. The van der Waals surface area contributed by atoms with Crippen molar-refractivity contribution >= 4 is 40.6 Å². The Morgan fingerprint density at radius 2 is 1.90 bits per heavy atom. The molecule has 1 aromatic carbocycles. The number of benzene rings is 1. The van der Waals surface area contributed by atoms with Gasteiger partial charge in [0.2, 0.25) is 0 Å². The van der Waals surface area contributed by atoms with Crippen molar-refractivity contribution in [1.82, 2.24) is 20.1 Å². The summed E-state index contributed by atoms with van der Waals surface area (Å²) >= 11 is 14.0. The highest BCUT2D eigenvalue weighted by molar-refractivity contribution is 7.18. The minimum Gasteiger partial charge on any atom is -0.488 e. The fourth-order valence-corrected chi connectivity index (χ4v) is 5.33. The third-order valence-corrected chi connectivity index (χ3v) is 7.23. The summed E-state index contributed by atoms with van der Waals surface area (Å²) < 4.78 is 37.8. The molecule has 1 fully saturated rings. The topological polar surface area (TPSA) is 95.9 Å². The van der Waals surface area contributed by atoms with Gasteiger partial charge < -0.3 is 18.9 Å². The molecular formula is C27H31Cl2FN4O5S. The SMILES string of the molecule is CC(C)Oc1ccc(-c2nnc(-c3cc(F)c(OC[C@H]4COC(C)(C)N4C(=O)OC(C)(C)C)cc3Cl)s2)nc1Cl. The zero-order valence-electron chi connectivity index (χ0n) is 23.3. The first-order valence-corrected chi connectivity index (χ1v) is 14.2. The van der Waals surface area contributed by atoms with Gasteiger partial charge in [-0.05, 0) is 66.7 Å². The molecule has 0 N–H and O–H groups in total. The van der Waals surface area contributed by atoms with Crippen LogP contribution in [0.5, 0.6) is 11.5 Å². The van der Waals surface area contributed by atoms with Crippen LogP contribution < -0.4 is 9.47 Å². The Morgan fingerprint density at radius 1 is 1.20 bits per heavy atom. The molecule has 9 nitrogen and oxygen atoms in total. The predicted molar refractivity (Wildman–Crippen MR) is 152 cm³/mol. The Kier molecular flexibility index (Phi) is 8.79. The molecule has 40 heavy (non-hydrogen) atoms. The van der Waals surface area contributed by atoms with Crippen LogP contribution in [0, 0.1) is 5.82 Å². The third-order valence-electron chi connectivity index (χ3n) is 5.67. The molecule has 216 valence electrons. The Labute approximate surface area is 246 Å². The lowest BCUT2D eigenvalue weighted by molar-refractivity contribution is -0.0637. The first kappa shape index (κ1) is 30.2. The first-order valence-electron chi connectivity index (χ1n) is 12.6. The van der Waals surface area contributed by atoms with Gasteiger partial charge in [-0.25, -0.2) is 14.2 Å². The van der Waals surface area contributed by atoms with Crippen molar-refractivity contribution in [2.24, 2.45) is 0 Å². The van der Waals surface area contributed by atoms with E-state index in [9.17, 15) is 4.79 Å². The van der Waals surface area contributed by atoms with Gasteiger partial charge in [0.25, 0.3) is 0 Å². The smallest absolute Gasteiger partial charge is 0.413 e. The van der Waals surface area contributed by atoms with Crippen LogP contribution in [0.15, 0.2) is 24.3 Å². The van der Waals surface area contributed by atoms with Gasteiger partial charge in [-0.3, -0.25) is 4.90 Å². The molecule has 0 spiro atoms. The fourth-order valence-electron chi connectivity index (χ4n) is 3.99. The van der Waals surface area contributed by atoms with Crippen molar-refractivity contribution < 1.29 is 28.1 Å². The molecule has 1 aliphatic rings. The summed E-state index contributed by atoms with van der Waals surface area (Å²) in [5, 5.41) is 9.64. The average Bonchev–Trinajstić information content (AvgIpc) is 3.43. The van der Waals surface area contributed by atoms with E-state index >= 15 is 4.39 Å². The van der Waals surface area contributed by atoms with E-state index in [0.717, 1.165) is 0 Å². The molecule has 4 rings (SSSR count). The zero-order chi connectivity index (χ0) is 29.4. The fraction of sp³-hybridized carbons (Fsp3) is 0.481. The number of ether oxygens (including phenoxy) is 4. The van der Waals surface area contributed by atoms with Gasteiger partial charge >= 0.3 is 6.09 Å². The number of aromatic nitrogens is 3. The van der Waals surface area contributed by atoms with Crippen LogP contribution in [0.3, 0.4) is 0 Å². The molecule has 3 aromatic rings. The molecule has 2 aromatic heterocycles. The van der Waals surface area contributed by atoms with Gasteiger partial charge in [-0.2, -0.15) is 0 Å². The minimum absolute atomic E-state index is 0.0266. The molecule has 0 radical (unpaired) electrons. The Balaban J connectivity index is 1.49. The summed E-state index contributed by atoms with van der Waals surface area (Å²) in [5.74, 6) is -0.246. The van der Waals surface area contributed by atoms with Crippen LogP contribution >= 0.6 is 34.5 Å². The van der Waals surface area contributed by atoms with Crippen molar-refractivity contribution in [3.05, 3.63) is 40.3 Å². The number of hydrogen-bond acceptors (Lipinski definition) is 9. The number of pyridine rings is 1. The molecule has 13 heteroatoms. The van der Waals surface area contributed by atoms with E-state index in [-0.39, 0.29) is 35.2 Å². The van der Waals surface area contributed by atoms with Crippen LogP contribution in [-0.2, 0) is 9.47 Å². The van der Waals surface area contributed by atoms with Crippen LogP contribution in [-0.4, -0.2) is 62.9 Å². The lowest BCUT2D eigenvalue weighted by Crippen LogP contribution is -2.51. The Hall–Kier alpha value is -2.73. The van der Waals surface area contributed by atoms with E-state index < -0.39 is 29.3 Å². The highest BCUT2D eigenvalue weighted by Crippen LogP contribution is 2.38. The number of halogens is 3. The quantitative estimate of drug-likeness (QED) is 0.257. The van der Waals surface area contributed by atoms with Crippen LogP contribution in [0.2, 0.25) is 10.2 Å². The lowest BCUT2D eigenvalue weighted by Gasteiger charge is -2.35. The number of rotatable bonds is 7. The highest BCUT2D eigenvalue weighted by Gasteiger charge is 2.46. The summed E-state index contributed by atoms with van der Waals surface area (Å²) in [6, 6.07) is 5.55. The number of carbonyl (C=O) groups excluding carboxylic acids is 1. The minimum atomic E-state index is -0.910. The summed E-state index contributed by atoms with van der Waals surface area (Å²) in [6.45, 7) is 12.8. The van der Waals surface area contributed by atoms with Crippen molar-refractivity contribution in [3.63, 3.8) is 0 Å². The van der Waals surface area contributed by atoms with E-state index in [1.54, 1.807) is 46.8 Å². The summed E-state index contributed by atoms with van der Waals surface area (Å²) in [4.78, 5) is 18.7. The standard InChI is InChI=1S/C27H31Cl2FN4O5S/c1-14(2)38-20-9-8-19(31-22(20)29)24-33-32-23(40-24)16-10-18(30)21(11-17(16)28)36-12-15-13-37-27(6,7)34(15)25(35)39-26(3,4)5/h8-11,14-15H,12-13H2,1-7H3/t15-/m0/s1. The second-order valence-electron chi connectivity index (χ2n) is 10.9. The van der Waals surface area contributed by atoms with Crippen LogP contribution in [0.4, 0.5) is 9.18 Å². The first-order chi connectivity index (χ1) is 18.6. The van der Waals surface area contributed by atoms with Gasteiger partial charge in [-0.1, -0.05) is 34.5 Å². The van der Waals surface area contributed by atoms with Crippen molar-refractivity contribution in [2.45, 2.75) is 71.9 Å². The molecule has 1 atom stereocenters. The monoisotopic (exact) mass is 612 g/mol. The summed E-state index contributed by atoms with van der Waals surface area (Å²) in [7, 11) is 0. The van der Waals surface area contributed by atoms with Gasteiger partial charge in [0, 0.05) is 11.6 Å². The number of carbonyl (C=O) groups is 1. The van der Waals surface area contributed by atoms with E-state index in [4.69, 9.17) is 42.1 Å². The van der Waals surface area contributed by atoms with Crippen molar-refractivity contribution in [3.8, 4) is 32.8 Å². The molecule has 1 aliphatic heterocycles. The van der Waals surface area contributed by atoms with Gasteiger partial charge in [0.05, 0.1) is 23.8 Å². The van der Waals surface area contributed by atoms with Gasteiger partial charge in [0.1, 0.15) is 28.6 Å². The maximum Gasteiger partial charge on any atom is 0.413 e. The number of nitrogens with zero attached hydrogens (tertiary/aromatic N) is 4. The largest absolute Gasteiger partial charge is 0.488 e. The second kappa shape index (κ2) is 11.6. The molecule has 1 saturated heterocycles. The Morgan fingerprint density at radius 3 is 2.55 bits per heavy atom. The zero-order valence-corrected chi connectivity index (χ0v) is 25.6. The molecule has 0 unspecified atom stereocenters. The van der Waals surface area contributed by atoms with Crippen molar-refractivity contribution in [1.29, 1.82) is 0 Å². The van der Waals surface area contributed by atoms with E-state index in [2.05, 4.69) is 15.2 Å². The summed E-state index contributed by atoms with van der Waals surface area (Å²) in [5.41, 5.74) is -0.749. The molecule has 0 bridgehead atoms. The Bertz CT molecular complexity index is 1400. The van der Waals surface area contributed by atoms with E-state index in [0.29, 0.717) is 27.0 Å². The molecule has 3 heterocycles. The highest BCUT2D eigenvalue weighted by atomic mass is 35.5. The predicted octanol–water partition coefficient (Wildman–Crippen LogP) is 7.25. The second-order valence-corrected chi connectivity index (χ2v) is 12.6. The van der Waals surface area contributed by atoms with Gasteiger partial charge in [-0.15, -0.1) is 10.2 Å². The summed E-state index contributed by atoms with van der Waals surface area (Å²) in [6.07, 6.45) is -0.591. The number of hydrogen-bond donors (Lipinski definition) is 0. The molecule has 0 saturated carbocycles. The van der Waals surface area contributed by atoms with Gasteiger partial charge in [0.15, 0.2) is 27.5 Å². The average molecular weight is 614 g/mol. The maximum atomic E-state index is 15.1.